The molecule has 0 spiro atoms. The van der Waals surface area contributed by atoms with E-state index in [0.29, 0.717) is 41.1 Å². The Hall–Kier alpha value is -1.47. The Kier molecular flexibility index (Phi) is 10.8. The van der Waals surface area contributed by atoms with Crippen LogP contribution in [0.15, 0.2) is 47.0 Å². The van der Waals surface area contributed by atoms with Crippen LogP contribution >= 0.6 is 46.4 Å². The molecule has 0 bridgehead atoms. The second-order valence-corrected chi connectivity index (χ2v) is 9.23. The van der Waals surface area contributed by atoms with Gasteiger partial charge in [-0.05, 0) is 57.0 Å². The van der Waals surface area contributed by atoms with Crippen molar-refractivity contribution in [3.8, 4) is 11.5 Å². The number of rotatable bonds is 11. The summed E-state index contributed by atoms with van der Waals surface area (Å²) >= 11 is 23.6. The summed E-state index contributed by atoms with van der Waals surface area (Å²) in [5, 5.41) is 0.624. The van der Waals surface area contributed by atoms with Crippen LogP contribution < -0.4 is 14.4 Å². The normalized spacial score (nSPS) is 11.5. The lowest BCUT2D eigenvalue weighted by atomic mass is 10.1. The van der Waals surface area contributed by atoms with Gasteiger partial charge in [0.1, 0.15) is 16.8 Å². The van der Waals surface area contributed by atoms with Gasteiger partial charge in [-0.15, -0.1) is 0 Å². The minimum absolute atomic E-state index is 0.0986. The smallest absolute Gasteiger partial charge is 0.416 e. The number of nitrogens with zero attached hydrogens (tertiary/aromatic N) is 1. The summed E-state index contributed by atoms with van der Waals surface area (Å²) in [6.07, 6.45) is -1.39. The monoisotopic (exact) mass is 543 g/mol. The van der Waals surface area contributed by atoms with E-state index in [9.17, 15) is 13.2 Å². The van der Waals surface area contributed by atoms with Gasteiger partial charge in [0.15, 0.2) is 5.75 Å². The summed E-state index contributed by atoms with van der Waals surface area (Å²) in [5.74, 6) is 0.812. The molecule has 0 atom stereocenters. The molecule has 182 valence electrons. The van der Waals surface area contributed by atoms with Crippen LogP contribution in [0.4, 0.5) is 18.9 Å². The third-order valence-corrected chi connectivity index (χ3v) is 5.52. The standard InChI is InChI=1S/C23H24Cl4F3NO2/c1-15(2)31(17-7-5-16(6-8-17)23(28,29)30)10-3-4-11-33-22-19(24)13-18(14-20(22)25)32-12-9-21(26)27/h5-9,13-15H,3-4,10-12H2,1-2H3. The summed E-state index contributed by atoms with van der Waals surface area (Å²) in [7, 11) is 0. The Morgan fingerprint density at radius 1 is 1.00 bits per heavy atom. The van der Waals surface area contributed by atoms with Crippen LogP contribution in [-0.4, -0.2) is 25.8 Å². The SMILES string of the molecule is CC(C)N(CCCCOc1c(Cl)cc(OCC=C(Cl)Cl)cc1Cl)c1ccc(C(F)(F)F)cc1. The molecule has 10 heteroatoms. The van der Waals surface area contributed by atoms with Gasteiger partial charge in [0.25, 0.3) is 0 Å². The molecule has 0 radical (unpaired) electrons. The Morgan fingerprint density at radius 2 is 1.61 bits per heavy atom. The van der Waals surface area contributed by atoms with E-state index in [1.165, 1.54) is 18.2 Å². The molecule has 0 saturated carbocycles. The van der Waals surface area contributed by atoms with Gasteiger partial charge in [-0.2, -0.15) is 13.2 Å². The number of anilines is 1. The van der Waals surface area contributed by atoms with Crippen molar-refractivity contribution in [2.45, 2.75) is 38.9 Å². The molecule has 0 unspecified atom stereocenters. The zero-order valence-corrected chi connectivity index (χ0v) is 21.1. The molecule has 0 N–H and O–H groups in total. The van der Waals surface area contributed by atoms with Gasteiger partial charge in [0.05, 0.1) is 22.2 Å². The maximum atomic E-state index is 12.8. The van der Waals surface area contributed by atoms with E-state index < -0.39 is 11.7 Å². The molecule has 0 saturated heterocycles. The number of hydrogen-bond donors (Lipinski definition) is 0. The van der Waals surface area contributed by atoms with E-state index in [1.54, 1.807) is 12.1 Å². The first-order chi connectivity index (χ1) is 15.5. The lowest BCUT2D eigenvalue weighted by Gasteiger charge is -2.29. The quantitative estimate of drug-likeness (QED) is 0.264. The van der Waals surface area contributed by atoms with E-state index in [1.807, 2.05) is 18.7 Å². The molecule has 0 aliphatic carbocycles. The average molecular weight is 545 g/mol. The van der Waals surface area contributed by atoms with Crippen molar-refractivity contribution in [3.05, 3.63) is 62.6 Å². The minimum Gasteiger partial charge on any atom is -0.490 e. The van der Waals surface area contributed by atoms with E-state index in [2.05, 4.69) is 0 Å². The van der Waals surface area contributed by atoms with E-state index in [0.717, 1.165) is 24.2 Å². The largest absolute Gasteiger partial charge is 0.490 e. The van der Waals surface area contributed by atoms with Crippen LogP contribution in [0.5, 0.6) is 11.5 Å². The van der Waals surface area contributed by atoms with E-state index in [-0.39, 0.29) is 17.1 Å². The summed E-state index contributed by atoms with van der Waals surface area (Å²) < 4.78 is 49.7. The maximum absolute atomic E-state index is 12.8. The summed E-state index contributed by atoms with van der Waals surface area (Å²) in [4.78, 5) is 2.05. The molecule has 0 amide bonds. The van der Waals surface area contributed by atoms with Gasteiger partial charge in [-0.3, -0.25) is 0 Å². The van der Waals surface area contributed by atoms with Crippen molar-refractivity contribution in [2.75, 3.05) is 24.7 Å². The Bertz CT molecular complexity index is 907. The van der Waals surface area contributed by atoms with Crippen molar-refractivity contribution in [1.29, 1.82) is 0 Å². The zero-order valence-electron chi connectivity index (χ0n) is 18.1. The summed E-state index contributed by atoms with van der Waals surface area (Å²) in [6.45, 7) is 5.20. The molecule has 33 heavy (non-hydrogen) atoms. The van der Waals surface area contributed by atoms with Crippen LogP contribution in [-0.2, 0) is 6.18 Å². The second-order valence-electron chi connectivity index (χ2n) is 7.41. The fourth-order valence-electron chi connectivity index (χ4n) is 3.04. The number of halogens is 7. The minimum atomic E-state index is -4.35. The third-order valence-electron chi connectivity index (χ3n) is 4.65. The van der Waals surface area contributed by atoms with Crippen molar-refractivity contribution in [2.24, 2.45) is 0 Å². The predicted molar refractivity (Wildman–Crippen MR) is 130 cm³/mol. The first-order valence-corrected chi connectivity index (χ1v) is 11.7. The van der Waals surface area contributed by atoms with Crippen LogP contribution in [0.25, 0.3) is 0 Å². The average Bonchev–Trinajstić information content (AvgIpc) is 2.71. The second kappa shape index (κ2) is 12.8. The van der Waals surface area contributed by atoms with Gasteiger partial charge in [-0.1, -0.05) is 46.4 Å². The number of alkyl halides is 3. The first kappa shape index (κ1) is 27.8. The molecule has 0 fully saturated rings. The number of ether oxygens (including phenoxy) is 2. The van der Waals surface area contributed by atoms with Crippen molar-refractivity contribution >= 4 is 52.1 Å². The molecular weight excluding hydrogens is 521 g/mol. The molecule has 0 aliphatic rings. The highest BCUT2D eigenvalue weighted by Crippen LogP contribution is 2.37. The van der Waals surface area contributed by atoms with Crippen molar-refractivity contribution in [1.82, 2.24) is 0 Å². The molecule has 2 rings (SSSR count). The van der Waals surface area contributed by atoms with Gasteiger partial charge < -0.3 is 14.4 Å². The Morgan fingerprint density at radius 3 is 2.12 bits per heavy atom. The first-order valence-electron chi connectivity index (χ1n) is 10.2. The third kappa shape index (κ3) is 9.01. The van der Waals surface area contributed by atoms with E-state index >= 15 is 0 Å². The fraction of sp³-hybridized carbons (Fsp3) is 0.391. The van der Waals surface area contributed by atoms with Crippen molar-refractivity contribution in [3.63, 3.8) is 0 Å². The molecule has 3 nitrogen and oxygen atoms in total. The van der Waals surface area contributed by atoms with Crippen LogP contribution in [0, 0.1) is 0 Å². The number of unbranched alkanes of at least 4 members (excludes halogenated alkanes) is 1. The Balaban J connectivity index is 1.87. The van der Waals surface area contributed by atoms with Gasteiger partial charge in [0, 0.05) is 30.4 Å². The molecule has 2 aromatic rings. The summed E-state index contributed by atoms with van der Waals surface area (Å²) in [5.41, 5.74) is 0.0822. The highest BCUT2D eigenvalue weighted by atomic mass is 35.5. The highest BCUT2D eigenvalue weighted by molar-refractivity contribution is 6.55. The van der Waals surface area contributed by atoms with Crippen LogP contribution in [0.3, 0.4) is 0 Å². The maximum Gasteiger partial charge on any atom is 0.416 e. The predicted octanol–water partition coefficient (Wildman–Crippen LogP) is 8.78. The van der Waals surface area contributed by atoms with Crippen LogP contribution in [0.1, 0.15) is 32.3 Å². The topological polar surface area (TPSA) is 21.7 Å². The molecule has 0 heterocycles. The van der Waals surface area contributed by atoms with Gasteiger partial charge in [-0.25, -0.2) is 0 Å². The molecule has 0 aromatic heterocycles. The summed E-state index contributed by atoms with van der Waals surface area (Å²) in [6, 6.07) is 8.51. The molecular formula is C23H24Cl4F3NO2. The molecule has 2 aromatic carbocycles. The number of hydrogen-bond acceptors (Lipinski definition) is 3. The Labute approximate surface area is 212 Å². The lowest BCUT2D eigenvalue weighted by molar-refractivity contribution is -0.137. The van der Waals surface area contributed by atoms with Crippen molar-refractivity contribution < 1.29 is 22.6 Å². The number of benzene rings is 2. The van der Waals surface area contributed by atoms with Crippen LogP contribution in [0.2, 0.25) is 10.0 Å². The highest BCUT2D eigenvalue weighted by Gasteiger charge is 2.30. The lowest BCUT2D eigenvalue weighted by Crippen LogP contribution is -2.32. The van der Waals surface area contributed by atoms with Gasteiger partial charge >= 0.3 is 6.18 Å². The molecule has 0 aliphatic heterocycles. The van der Waals surface area contributed by atoms with E-state index in [4.69, 9.17) is 55.9 Å². The fourth-order valence-corrected chi connectivity index (χ4v) is 3.75. The van der Waals surface area contributed by atoms with Gasteiger partial charge in [0.2, 0.25) is 0 Å². The zero-order chi connectivity index (χ0) is 24.6.